The number of piperidine rings is 1. The first-order valence-electron chi connectivity index (χ1n) is 9.77. The first-order valence-corrected chi connectivity index (χ1v) is 10.6. The smallest absolute Gasteiger partial charge is 0.191 e. The van der Waals surface area contributed by atoms with Crippen LogP contribution in [0.4, 0.5) is 5.82 Å². The maximum atomic E-state index is 4.68. The van der Waals surface area contributed by atoms with Crippen LogP contribution in [0.5, 0.6) is 0 Å². The summed E-state index contributed by atoms with van der Waals surface area (Å²) in [5.41, 5.74) is 1.12. The summed E-state index contributed by atoms with van der Waals surface area (Å²) >= 11 is 1.71. The molecule has 2 N–H and O–H groups in total. The number of aromatic nitrogens is 2. The van der Waals surface area contributed by atoms with Gasteiger partial charge in [-0.1, -0.05) is 13.0 Å². The maximum absolute atomic E-state index is 4.68. The molecule has 3 heterocycles. The molecule has 0 bridgehead atoms. The van der Waals surface area contributed by atoms with Crippen LogP contribution in [0.2, 0.25) is 0 Å². The van der Waals surface area contributed by atoms with Gasteiger partial charge in [-0.15, -0.1) is 35.3 Å². The van der Waals surface area contributed by atoms with Crippen molar-refractivity contribution in [3.8, 4) is 0 Å². The molecule has 0 atom stereocenters. The first-order chi connectivity index (χ1) is 13.1. The highest BCUT2D eigenvalue weighted by Gasteiger charge is 2.16. The van der Waals surface area contributed by atoms with Crippen molar-refractivity contribution in [1.82, 2.24) is 20.6 Å². The number of anilines is 1. The molecule has 6 nitrogen and oxygen atoms in total. The molecule has 154 valence electrons. The molecule has 1 saturated heterocycles. The molecule has 1 aliphatic rings. The number of pyridine rings is 1. The largest absolute Gasteiger partial charge is 0.357 e. The number of rotatable bonds is 6. The Balaban J connectivity index is 0.00000280. The summed E-state index contributed by atoms with van der Waals surface area (Å²) in [6, 6.07) is 4.26. The second-order valence-electron chi connectivity index (χ2n) is 7.11. The number of nitrogens with one attached hydrogen (secondary N) is 2. The van der Waals surface area contributed by atoms with Gasteiger partial charge in [-0.2, -0.15) is 0 Å². The van der Waals surface area contributed by atoms with E-state index in [9.17, 15) is 0 Å². The number of guanidine groups is 1. The Labute approximate surface area is 189 Å². The molecule has 0 aliphatic carbocycles. The zero-order valence-electron chi connectivity index (χ0n) is 16.9. The minimum Gasteiger partial charge on any atom is -0.357 e. The van der Waals surface area contributed by atoms with Crippen molar-refractivity contribution < 1.29 is 0 Å². The summed E-state index contributed by atoms with van der Waals surface area (Å²) in [4.78, 5) is 17.3. The summed E-state index contributed by atoms with van der Waals surface area (Å²) < 4.78 is 0. The van der Waals surface area contributed by atoms with Crippen LogP contribution in [0.25, 0.3) is 0 Å². The topological polar surface area (TPSA) is 65.4 Å². The van der Waals surface area contributed by atoms with Crippen LogP contribution >= 0.6 is 35.3 Å². The van der Waals surface area contributed by atoms with Gasteiger partial charge in [0.25, 0.3) is 0 Å². The monoisotopic (exact) mass is 514 g/mol. The molecular formula is C20H31IN6S. The fraction of sp³-hybridized carbons (Fsp3) is 0.550. The summed E-state index contributed by atoms with van der Waals surface area (Å²) in [5, 5.41) is 7.70. The highest BCUT2D eigenvalue weighted by atomic mass is 127. The highest BCUT2D eigenvalue weighted by molar-refractivity contribution is 14.0. The molecule has 0 spiro atoms. The Kier molecular flexibility index (Phi) is 9.43. The molecule has 2 aromatic rings. The number of aryl methyl sites for hydroxylation is 1. The van der Waals surface area contributed by atoms with Gasteiger partial charge >= 0.3 is 0 Å². The molecular weight excluding hydrogens is 483 g/mol. The quantitative estimate of drug-likeness (QED) is 0.347. The Morgan fingerprint density at radius 3 is 2.61 bits per heavy atom. The van der Waals surface area contributed by atoms with E-state index >= 15 is 0 Å². The third-order valence-electron chi connectivity index (χ3n) is 4.76. The lowest BCUT2D eigenvalue weighted by Gasteiger charge is -2.31. The second-order valence-corrected chi connectivity index (χ2v) is 8.43. The predicted octanol–water partition coefficient (Wildman–Crippen LogP) is 3.96. The van der Waals surface area contributed by atoms with Crippen LogP contribution in [0, 0.1) is 12.8 Å². The van der Waals surface area contributed by atoms with Gasteiger partial charge in [0.15, 0.2) is 5.96 Å². The summed E-state index contributed by atoms with van der Waals surface area (Å²) in [5.74, 6) is 2.72. The Morgan fingerprint density at radius 1 is 1.21 bits per heavy atom. The molecule has 3 rings (SSSR count). The third-order valence-corrected chi connectivity index (χ3v) is 5.67. The molecule has 0 radical (unpaired) electrons. The number of hydrogen-bond acceptors (Lipinski definition) is 5. The molecule has 0 amide bonds. The van der Waals surface area contributed by atoms with E-state index in [2.05, 4.69) is 63.4 Å². The van der Waals surface area contributed by atoms with E-state index in [4.69, 9.17) is 0 Å². The van der Waals surface area contributed by atoms with Crippen molar-refractivity contribution in [2.24, 2.45) is 10.9 Å². The number of nitrogens with zero attached hydrogens (tertiary/aromatic N) is 4. The van der Waals surface area contributed by atoms with Gasteiger partial charge < -0.3 is 15.5 Å². The van der Waals surface area contributed by atoms with Gasteiger partial charge in [0.2, 0.25) is 0 Å². The lowest BCUT2D eigenvalue weighted by atomic mass is 9.99. The minimum atomic E-state index is 0. The van der Waals surface area contributed by atoms with Crippen LogP contribution in [0.15, 0.2) is 29.5 Å². The van der Waals surface area contributed by atoms with Crippen LogP contribution in [0.1, 0.15) is 42.1 Å². The molecule has 0 aromatic carbocycles. The van der Waals surface area contributed by atoms with Crippen molar-refractivity contribution in [1.29, 1.82) is 0 Å². The van der Waals surface area contributed by atoms with Crippen LogP contribution < -0.4 is 15.5 Å². The molecule has 2 aromatic heterocycles. The van der Waals surface area contributed by atoms with Crippen molar-refractivity contribution in [2.45, 2.75) is 46.7 Å². The Bertz CT molecular complexity index is 737. The average Bonchev–Trinajstić information content (AvgIpc) is 3.10. The zero-order chi connectivity index (χ0) is 19.1. The van der Waals surface area contributed by atoms with Gasteiger partial charge in [0.05, 0.1) is 13.1 Å². The molecule has 0 saturated carbocycles. The van der Waals surface area contributed by atoms with E-state index in [0.717, 1.165) is 47.9 Å². The Hall–Kier alpha value is -1.42. The Morgan fingerprint density at radius 2 is 2.00 bits per heavy atom. The normalized spacial score (nSPS) is 15.2. The van der Waals surface area contributed by atoms with Crippen LogP contribution in [-0.4, -0.2) is 35.6 Å². The van der Waals surface area contributed by atoms with Crippen LogP contribution in [-0.2, 0) is 13.1 Å². The molecule has 8 heteroatoms. The molecule has 0 unspecified atom stereocenters. The number of aliphatic imine (C=N–C) groups is 1. The number of hydrogen-bond donors (Lipinski definition) is 2. The summed E-state index contributed by atoms with van der Waals surface area (Å²) in [6.45, 7) is 10.8. The van der Waals surface area contributed by atoms with E-state index in [1.807, 2.05) is 12.4 Å². The third kappa shape index (κ3) is 6.88. The molecule has 1 fully saturated rings. The van der Waals surface area contributed by atoms with Gasteiger partial charge in [-0.05, 0) is 44.2 Å². The van der Waals surface area contributed by atoms with Crippen molar-refractivity contribution >= 4 is 47.1 Å². The van der Waals surface area contributed by atoms with E-state index in [1.165, 1.54) is 17.7 Å². The van der Waals surface area contributed by atoms with Gasteiger partial charge in [-0.3, -0.25) is 0 Å². The maximum Gasteiger partial charge on any atom is 0.191 e. The van der Waals surface area contributed by atoms with Crippen LogP contribution in [0.3, 0.4) is 0 Å². The molecule has 28 heavy (non-hydrogen) atoms. The van der Waals surface area contributed by atoms with E-state index in [-0.39, 0.29) is 24.0 Å². The number of thiazole rings is 1. The predicted molar refractivity (Wildman–Crippen MR) is 129 cm³/mol. The van der Waals surface area contributed by atoms with Crippen molar-refractivity contribution in [3.05, 3.63) is 40.0 Å². The van der Waals surface area contributed by atoms with E-state index in [1.54, 1.807) is 11.3 Å². The fourth-order valence-electron chi connectivity index (χ4n) is 3.09. The number of halogens is 1. The van der Waals surface area contributed by atoms with E-state index in [0.29, 0.717) is 13.1 Å². The fourth-order valence-corrected chi connectivity index (χ4v) is 3.82. The van der Waals surface area contributed by atoms with Gasteiger partial charge in [0, 0.05) is 36.9 Å². The molecule has 1 aliphatic heterocycles. The first kappa shape index (κ1) is 22.9. The lowest BCUT2D eigenvalue weighted by Crippen LogP contribution is -2.36. The standard InChI is InChI=1S/C20H30N6S.HI/c1-4-21-20(25-14-19-23-11-16(3)27-19)24-13-17-5-6-18(22-12-17)26-9-7-15(2)8-10-26;/h5-6,11-12,15H,4,7-10,13-14H2,1-3H3,(H2,21,24,25);1H. The van der Waals surface area contributed by atoms with Gasteiger partial charge in [0.1, 0.15) is 10.8 Å². The summed E-state index contributed by atoms with van der Waals surface area (Å²) in [7, 11) is 0. The van der Waals surface area contributed by atoms with Crippen molar-refractivity contribution in [3.63, 3.8) is 0 Å². The van der Waals surface area contributed by atoms with Crippen molar-refractivity contribution in [2.75, 3.05) is 24.5 Å². The lowest BCUT2D eigenvalue weighted by molar-refractivity contribution is 0.436. The minimum absolute atomic E-state index is 0. The van der Waals surface area contributed by atoms with E-state index < -0.39 is 0 Å². The summed E-state index contributed by atoms with van der Waals surface area (Å²) in [6.07, 6.45) is 6.36. The van der Waals surface area contributed by atoms with Gasteiger partial charge in [-0.25, -0.2) is 15.0 Å². The SMILES string of the molecule is CCNC(=NCc1ccc(N2CCC(C)CC2)nc1)NCc1ncc(C)s1.I. The second kappa shape index (κ2) is 11.5. The zero-order valence-corrected chi connectivity index (χ0v) is 20.1. The average molecular weight is 514 g/mol. The highest BCUT2D eigenvalue weighted by Crippen LogP contribution is 2.21.